The Hall–Kier alpha value is -2.70. The van der Waals surface area contributed by atoms with Crippen LogP contribution in [0.3, 0.4) is 0 Å². The van der Waals surface area contributed by atoms with E-state index in [1.807, 2.05) is 6.92 Å². The first kappa shape index (κ1) is 26.4. The van der Waals surface area contributed by atoms with Gasteiger partial charge in [0.25, 0.3) is 0 Å². The number of nitrogens with zero attached hydrogens (tertiary/aromatic N) is 1. The van der Waals surface area contributed by atoms with Gasteiger partial charge in [-0.2, -0.15) is 0 Å². The topological polar surface area (TPSA) is 134 Å². The van der Waals surface area contributed by atoms with Crippen molar-refractivity contribution in [3.8, 4) is 0 Å². The van der Waals surface area contributed by atoms with E-state index in [4.69, 9.17) is 0 Å². The average molecular weight is 517 g/mol. The molecule has 2 aliphatic heterocycles. The van der Waals surface area contributed by atoms with E-state index in [2.05, 4.69) is 20.7 Å². The zero-order chi connectivity index (χ0) is 26.3. The molecule has 200 valence electrons. The molecule has 0 unspecified atom stereocenters. The van der Waals surface area contributed by atoms with Crippen molar-refractivity contribution in [3.63, 3.8) is 0 Å². The molecule has 4 rings (SSSR count). The number of fused-ring (bicyclic) bond motifs is 1. The summed E-state index contributed by atoms with van der Waals surface area (Å²) in [5.41, 5.74) is -0.433. The summed E-state index contributed by atoms with van der Waals surface area (Å²) in [5, 5.41) is 7.79. The maximum absolute atomic E-state index is 13.4. The number of ketones is 1. The van der Waals surface area contributed by atoms with Crippen LogP contribution in [0.5, 0.6) is 0 Å². The summed E-state index contributed by atoms with van der Waals surface area (Å²) in [7, 11) is 0. The smallest absolute Gasteiger partial charge is 0.356 e. The number of ether oxygens (including phenoxy) is 1. The molecular formula is C23H31F3N4O6. The van der Waals surface area contributed by atoms with Crippen LogP contribution in [-0.2, 0) is 28.7 Å². The number of carbonyl (C=O) groups excluding carboxylic acids is 5. The van der Waals surface area contributed by atoms with Crippen LogP contribution in [0.15, 0.2) is 0 Å². The van der Waals surface area contributed by atoms with Gasteiger partial charge in [0, 0.05) is 24.5 Å². The van der Waals surface area contributed by atoms with E-state index >= 15 is 0 Å². The molecule has 13 heteroatoms. The highest BCUT2D eigenvalue weighted by molar-refractivity contribution is 6.35. The van der Waals surface area contributed by atoms with Gasteiger partial charge in [0.15, 0.2) is 5.78 Å². The van der Waals surface area contributed by atoms with Gasteiger partial charge >= 0.3 is 18.2 Å². The third-order valence-electron chi connectivity index (χ3n) is 7.80. The SMILES string of the molecule is CC1(NC(=O)C(=O)N2C[C@@H]3CCC[C@@H]3[C@H]2C(=O)N[C@@H](C[C@@H]2CCNC2=O)C(=O)COC(F)(F)F)CC1. The van der Waals surface area contributed by atoms with Crippen LogP contribution >= 0.6 is 0 Å². The van der Waals surface area contributed by atoms with Gasteiger partial charge in [-0.05, 0) is 57.3 Å². The molecular weight excluding hydrogens is 485 g/mol. The predicted octanol–water partition coefficient (Wildman–Crippen LogP) is 0.399. The summed E-state index contributed by atoms with van der Waals surface area (Å²) in [6.07, 6.45) is -1.09. The van der Waals surface area contributed by atoms with Crippen molar-refractivity contribution in [1.29, 1.82) is 0 Å². The molecule has 2 heterocycles. The number of halogens is 3. The number of amides is 4. The Balaban J connectivity index is 1.49. The molecule has 0 spiro atoms. The summed E-state index contributed by atoms with van der Waals surface area (Å²) >= 11 is 0. The fourth-order valence-corrected chi connectivity index (χ4v) is 5.56. The molecule has 0 aromatic rings. The molecule has 4 aliphatic rings. The summed E-state index contributed by atoms with van der Waals surface area (Å²) in [4.78, 5) is 64.9. The van der Waals surface area contributed by atoms with E-state index in [9.17, 15) is 37.1 Å². The lowest BCUT2D eigenvalue weighted by atomic mass is 9.92. The Labute approximate surface area is 206 Å². The maximum atomic E-state index is 13.4. The van der Waals surface area contributed by atoms with E-state index in [1.165, 1.54) is 4.90 Å². The van der Waals surface area contributed by atoms with Crippen molar-refractivity contribution in [2.45, 2.75) is 75.9 Å². The summed E-state index contributed by atoms with van der Waals surface area (Å²) in [6.45, 7) is 1.08. The first-order valence-electron chi connectivity index (χ1n) is 12.3. The zero-order valence-electron chi connectivity index (χ0n) is 20.0. The van der Waals surface area contributed by atoms with Crippen molar-refractivity contribution in [2.75, 3.05) is 19.7 Å². The summed E-state index contributed by atoms with van der Waals surface area (Å²) in [6, 6.07) is -2.44. The third kappa shape index (κ3) is 5.98. The van der Waals surface area contributed by atoms with Gasteiger partial charge < -0.3 is 20.9 Å². The lowest BCUT2D eigenvalue weighted by molar-refractivity contribution is -0.321. The van der Waals surface area contributed by atoms with E-state index in [1.54, 1.807) is 0 Å². The minimum Gasteiger partial charge on any atom is -0.356 e. The van der Waals surface area contributed by atoms with Crippen LogP contribution in [0.1, 0.15) is 51.9 Å². The molecule has 4 amide bonds. The number of hydrogen-bond acceptors (Lipinski definition) is 6. The van der Waals surface area contributed by atoms with Crippen LogP contribution in [0.25, 0.3) is 0 Å². The number of likely N-dealkylation sites (tertiary alicyclic amines) is 1. The molecule has 36 heavy (non-hydrogen) atoms. The van der Waals surface area contributed by atoms with Crippen LogP contribution in [-0.4, -0.2) is 78.0 Å². The number of nitrogens with one attached hydrogen (secondary N) is 3. The second kappa shape index (κ2) is 9.98. The monoisotopic (exact) mass is 516 g/mol. The van der Waals surface area contributed by atoms with Crippen LogP contribution < -0.4 is 16.0 Å². The molecule has 0 bridgehead atoms. The van der Waals surface area contributed by atoms with Crippen molar-refractivity contribution in [2.24, 2.45) is 17.8 Å². The van der Waals surface area contributed by atoms with Gasteiger partial charge in [-0.25, -0.2) is 0 Å². The summed E-state index contributed by atoms with van der Waals surface area (Å²) < 4.78 is 41.3. The van der Waals surface area contributed by atoms with Crippen LogP contribution in [0.4, 0.5) is 13.2 Å². The van der Waals surface area contributed by atoms with Crippen LogP contribution in [0, 0.1) is 17.8 Å². The molecule has 4 fully saturated rings. The molecule has 3 N–H and O–H groups in total. The average Bonchev–Trinajstić information content (AvgIpc) is 3.12. The number of carbonyl (C=O) groups is 5. The highest BCUT2D eigenvalue weighted by Gasteiger charge is 2.52. The van der Waals surface area contributed by atoms with E-state index in [0.717, 1.165) is 25.7 Å². The predicted molar refractivity (Wildman–Crippen MR) is 117 cm³/mol. The molecule has 2 saturated heterocycles. The number of hydrogen-bond donors (Lipinski definition) is 3. The second-order valence-corrected chi connectivity index (χ2v) is 10.5. The third-order valence-corrected chi connectivity index (χ3v) is 7.80. The minimum absolute atomic E-state index is 0.0114. The fraction of sp³-hybridized carbons (Fsp3) is 0.783. The van der Waals surface area contributed by atoms with Crippen LogP contribution in [0.2, 0.25) is 0 Å². The lowest BCUT2D eigenvalue weighted by Crippen LogP contribution is -2.56. The first-order valence-corrected chi connectivity index (χ1v) is 12.3. The molecule has 0 aromatic heterocycles. The number of Topliss-reactive ketones (excluding diaryl/α,β-unsaturated/α-hetero) is 1. The normalized spacial score (nSPS) is 29.3. The van der Waals surface area contributed by atoms with Crippen molar-refractivity contribution >= 4 is 29.4 Å². The van der Waals surface area contributed by atoms with E-state index < -0.39 is 60.0 Å². The minimum atomic E-state index is -5.04. The van der Waals surface area contributed by atoms with Gasteiger partial charge in [-0.15, -0.1) is 13.2 Å². The molecule has 10 nitrogen and oxygen atoms in total. The Morgan fingerprint density at radius 3 is 2.53 bits per heavy atom. The molecule has 2 aliphatic carbocycles. The number of rotatable bonds is 8. The quantitative estimate of drug-likeness (QED) is 0.400. The Bertz CT molecular complexity index is 937. The van der Waals surface area contributed by atoms with Crippen molar-refractivity contribution < 1.29 is 41.9 Å². The first-order chi connectivity index (χ1) is 16.9. The van der Waals surface area contributed by atoms with Gasteiger partial charge in [-0.3, -0.25) is 28.7 Å². The van der Waals surface area contributed by atoms with Gasteiger partial charge in [0.1, 0.15) is 12.6 Å². The molecule has 2 saturated carbocycles. The van der Waals surface area contributed by atoms with E-state index in [0.29, 0.717) is 19.4 Å². The highest BCUT2D eigenvalue weighted by atomic mass is 19.4. The molecule has 5 atom stereocenters. The highest BCUT2D eigenvalue weighted by Crippen LogP contribution is 2.42. The standard InChI is InChI=1S/C23H31F3N4O6/c1-22(6-7-22)29-20(34)21(35)30-10-13-3-2-4-14(13)17(30)19(33)28-15(9-12-5-8-27-18(12)32)16(31)11-36-23(24,25)26/h12-15,17H,2-11H2,1H3,(H,27,32)(H,28,33)(H,29,34)/t12-,13-,14-,15-,17-/m0/s1. The number of alkyl halides is 3. The molecule has 0 radical (unpaired) electrons. The zero-order valence-corrected chi connectivity index (χ0v) is 20.0. The second-order valence-electron chi connectivity index (χ2n) is 10.5. The Kier molecular flexibility index (Phi) is 7.31. The molecule has 0 aromatic carbocycles. The van der Waals surface area contributed by atoms with Crippen molar-refractivity contribution in [3.05, 3.63) is 0 Å². The van der Waals surface area contributed by atoms with Crippen molar-refractivity contribution in [1.82, 2.24) is 20.9 Å². The Morgan fingerprint density at radius 2 is 1.92 bits per heavy atom. The summed E-state index contributed by atoms with van der Waals surface area (Å²) in [5.74, 6) is -4.61. The fourth-order valence-electron chi connectivity index (χ4n) is 5.56. The maximum Gasteiger partial charge on any atom is 0.522 e. The van der Waals surface area contributed by atoms with Gasteiger partial charge in [0.05, 0.1) is 6.04 Å². The lowest BCUT2D eigenvalue weighted by Gasteiger charge is -2.29. The van der Waals surface area contributed by atoms with Gasteiger partial charge in [-0.1, -0.05) is 6.42 Å². The van der Waals surface area contributed by atoms with Gasteiger partial charge in [0.2, 0.25) is 11.8 Å². The van der Waals surface area contributed by atoms with E-state index in [-0.39, 0.29) is 30.7 Å². The largest absolute Gasteiger partial charge is 0.522 e. The Morgan fingerprint density at radius 1 is 1.19 bits per heavy atom.